The molecule has 0 saturated carbocycles. The lowest BCUT2D eigenvalue weighted by Gasteiger charge is -2.31. The number of amides is 2. The second-order valence-corrected chi connectivity index (χ2v) is 6.82. The summed E-state index contributed by atoms with van der Waals surface area (Å²) in [7, 11) is 0. The van der Waals surface area contributed by atoms with Gasteiger partial charge in [-0.15, -0.1) is 0 Å². The van der Waals surface area contributed by atoms with Crippen LogP contribution in [0.4, 0.5) is 5.69 Å². The molecule has 1 aromatic rings. The van der Waals surface area contributed by atoms with Crippen molar-refractivity contribution in [3.8, 4) is 0 Å². The SMILES string of the molecule is CC(=O)N(CCC(=O)N1CCC(C)CC1)c1ccc(C)c(Cl)c1. The fraction of sp³-hybridized carbons (Fsp3) is 0.556. The minimum Gasteiger partial charge on any atom is -0.343 e. The number of benzene rings is 1. The molecule has 0 aliphatic carbocycles. The molecular formula is C18H25ClN2O2. The summed E-state index contributed by atoms with van der Waals surface area (Å²) >= 11 is 6.15. The van der Waals surface area contributed by atoms with Crippen LogP contribution in [0.3, 0.4) is 0 Å². The third-order valence-electron chi connectivity index (χ3n) is 4.53. The van der Waals surface area contributed by atoms with Crippen molar-refractivity contribution in [3.63, 3.8) is 0 Å². The van der Waals surface area contributed by atoms with Gasteiger partial charge in [-0.05, 0) is 43.4 Å². The number of hydrogen-bond donors (Lipinski definition) is 0. The molecule has 4 nitrogen and oxygen atoms in total. The van der Waals surface area contributed by atoms with Crippen LogP contribution in [0.25, 0.3) is 0 Å². The van der Waals surface area contributed by atoms with Crippen LogP contribution in [-0.4, -0.2) is 36.3 Å². The smallest absolute Gasteiger partial charge is 0.224 e. The number of carbonyl (C=O) groups excluding carboxylic acids is 2. The monoisotopic (exact) mass is 336 g/mol. The van der Waals surface area contributed by atoms with Crippen molar-refractivity contribution < 1.29 is 9.59 Å². The van der Waals surface area contributed by atoms with Crippen LogP contribution in [0.5, 0.6) is 0 Å². The molecule has 1 aliphatic rings. The number of carbonyl (C=O) groups is 2. The van der Waals surface area contributed by atoms with Crippen molar-refractivity contribution in [2.24, 2.45) is 5.92 Å². The molecule has 0 N–H and O–H groups in total. The van der Waals surface area contributed by atoms with E-state index in [1.54, 1.807) is 11.0 Å². The molecule has 0 radical (unpaired) electrons. The number of halogens is 1. The van der Waals surface area contributed by atoms with Crippen LogP contribution in [0.2, 0.25) is 5.02 Å². The maximum absolute atomic E-state index is 12.3. The van der Waals surface area contributed by atoms with Gasteiger partial charge in [-0.25, -0.2) is 0 Å². The Morgan fingerprint density at radius 3 is 2.52 bits per heavy atom. The van der Waals surface area contributed by atoms with Crippen molar-refractivity contribution in [3.05, 3.63) is 28.8 Å². The average molecular weight is 337 g/mol. The van der Waals surface area contributed by atoms with Crippen LogP contribution >= 0.6 is 11.6 Å². The molecule has 0 atom stereocenters. The van der Waals surface area contributed by atoms with E-state index in [1.165, 1.54) is 6.92 Å². The highest BCUT2D eigenvalue weighted by atomic mass is 35.5. The van der Waals surface area contributed by atoms with E-state index in [4.69, 9.17) is 11.6 Å². The maximum Gasteiger partial charge on any atom is 0.224 e. The minimum atomic E-state index is -0.0787. The standard InChI is InChI=1S/C18H25ClN2O2/c1-13-6-9-20(10-7-13)18(23)8-11-21(15(3)22)16-5-4-14(2)17(19)12-16/h4-5,12-13H,6-11H2,1-3H3. The van der Waals surface area contributed by atoms with Crippen molar-refractivity contribution in [1.29, 1.82) is 0 Å². The van der Waals surface area contributed by atoms with E-state index in [2.05, 4.69) is 6.92 Å². The van der Waals surface area contributed by atoms with Gasteiger partial charge in [-0.3, -0.25) is 9.59 Å². The third kappa shape index (κ3) is 4.71. The van der Waals surface area contributed by atoms with Gasteiger partial charge in [0, 0.05) is 43.7 Å². The summed E-state index contributed by atoms with van der Waals surface area (Å²) in [5.41, 5.74) is 1.71. The lowest BCUT2D eigenvalue weighted by atomic mass is 9.99. The molecule has 0 bridgehead atoms. The van der Waals surface area contributed by atoms with Gasteiger partial charge in [0.25, 0.3) is 0 Å². The zero-order valence-corrected chi connectivity index (χ0v) is 14.9. The van der Waals surface area contributed by atoms with E-state index in [1.807, 2.05) is 24.0 Å². The number of anilines is 1. The van der Waals surface area contributed by atoms with Crippen molar-refractivity contribution in [2.75, 3.05) is 24.5 Å². The number of nitrogens with zero attached hydrogens (tertiary/aromatic N) is 2. The molecular weight excluding hydrogens is 312 g/mol. The quantitative estimate of drug-likeness (QED) is 0.842. The van der Waals surface area contributed by atoms with E-state index in [-0.39, 0.29) is 11.8 Å². The van der Waals surface area contributed by atoms with Crippen LogP contribution < -0.4 is 4.90 Å². The number of likely N-dealkylation sites (tertiary alicyclic amines) is 1. The first kappa shape index (κ1) is 17.8. The van der Waals surface area contributed by atoms with Gasteiger partial charge in [0.05, 0.1) is 0 Å². The van der Waals surface area contributed by atoms with Gasteiger partial charge in [0.15, 0.2) is 0 Å². The lowest BCUT2D eigenvalue weighted by Crippen LogP contribution is -2.40. The Morgan fingerprint density at radius 2 is 1.96 bits per heavy atom. The molecule has 0 unspecified atom stereocenters. The van der Waals surface area contributed by atoms with Crippen molar-refractivity contribution >= 4 is 29.1 Å². The number of aryl methyl sites for hydroxylation is 1. The first-order valence-corrected chi connectivity index (χ1v) is 8.58. The topological polar surface area (TPSA) is 40.6 Å². The van der Waals surface area contributed by atoms with Crippen LogP contribution in [0.15, 0.2) is 18.2 Å². The average Bonchev–Trinajstić information content (AvgIpc) is 2.51. The predicted molar refractivity (Wildman–Crippen MR) is 93.8 cm³/mol. The summed E-state index contributed by atoms with van der Waals surface area (Å²) in [6, 6.07) is 5.54. The summed E-state index contributed by atoms with van der Waals surface area (Å²) in [4.78, 5) is 27.8. The molecule has 126 valence electrons. The normalized spacial score (nSPS) is 15.6. The van der Waals surface area contributed by atoms with Crippen LogP contribution in [0.1, 0.15) is 38.7 Å². The molecule has 1 saturated heterocycles. The molecule has 0 spiro atoms. The minimum absolute atomic E-state index is 0.0787. The second kappa shape index (κ2) is 7.82. The zero-order valence-electron chi connectivity index (χ0n) is 14.1. The highest BCUT2D eigenvalue weighted by Gasteiger charge is 2.21. The van der Waals surface area contributed by atoms with Gasteiger partial charge in [0.2, 0.25) is 11.8 Å². The number of piperidine rings is 1. The molecule has 2 amide bonds. The van der Waals surface area contributed by atoms with Crippen molar-refractivity contribution in [1.82, 2.24) is 4.90 Å². The molecule has 1 fully saturated rings. The van der Waals surface area contributed by atoms with E-state index < -0.39 is 0 Å². The summed E-state index contributed by atoms with van der Waals surface area (Å²) in [5, 5.41) is 0.630. The lowest BCUT2D eigenvalue weighted by molar-refractivity contribution is -0.132. The predicted octanol–water partition coefficient (Wildman–Crippen LogP) is 3.65. The van der Waals surface area contributed by atoms with Crippen LogP contribution in [-0.2, 0) is 9.59 Å². The Labute approximate surface area is 143 Å². The molecule has 2 rings (SSSR count). The highest BCUT2D eigenvalue weighted by molar-refractivity contribution is 6.31. The molecule has 0 aromatic heterocycles. The summed E-state index contributed by atoms with van der Waals surface area (Å²) in [6.45, 7) is 7.71. The number of rotatable bonds is 4. The van der Waals surface area contributed by atoms with E-state index in [9.17, 15) is 9.59 Å². The highest BCUT2D eigenvalue weighted by Crippen LogP contribution is 2.24. The molecule has 1 aromatic carbocycles. The molecule has 1 aliphatic heterocycles. The van der Waals surface area contributed by atoms with Gasteiger partial charge >= 0.3 is 0 Å². The third-order valence-corrected chi connectivity index (χ3v) is 4.94. The van der Waals surface area contributed by atoms with E-state index >= 15 is 0 Å². The van der Waals surface area contributed by atoms with Gasteiger partial charge < -0.3 is 9.80 Å². The van der Waals surface area contributed by atoms with E-state index in [0.29, 0.717) is 23.9 Å². The Hall–Kier alpha value is -1.55. The summed E-state index contributed by atoms with van der Waals surface area (Å²) in [6.07, 6.45) is 2.48. The fourth-order valence-electron chi connectivity index (χ4n) is 2.84. The first-order valence-electron chi connectivity index (χ1n) is 8.20. The molecule has 5 heteroatoms. The first-order chi connectivity index (χ1) is 10.9. The van der Waals surface area contributed by atoms with Crippen molar-refractivity contribution in [2.45, 2.75) is 40.0 Å². The summed E-state index contributed by atoms with van der Waals surface area (Å²) in [5.74, 6) is 0.744. The maximum atomic E-state index is 12.3. The Kier molecular flexibility index (Phi) is 6.05. The Bertz CT molecular complexity index is 580. The van der Waals surface area contributed by atoms with Gasteiger partial charge in [0.1, 0.15) is 0 Å². The second-order valence-electron chi connectivity index (χ2n) is 6.42. The summed E-state index contributed by atoms with van der Waals surface area (Å²) < 4.78 is 0. The van der Waals surface area contributed by atoms with Gasteiger partial charge in [-0.1, -0.05) is 24.6 Å². The largest absolute Gasteiger partial charge is 0.343 e. The van der Waals surface area contributed by atoms with Gasteiger partial charge in [-0.2, -0.15) is 0 Å². The zero-order chi connectivity index (χ0) is 17.0. The van der Waals surface area contributed by atoms with Crippen LogP contribution in [0, 0.1) is 12.8 Å². The Morgan fingerprint density at radius 1 is 1.30 bits per heavy atom. The fourth-order valence-corrected chi connectivity index (χ4v) is 3.02. The van der Waals surface area contributed by atoms with E-state index in [0.717, 1.165) is 37.2 Å². The Balaban J connectivity index is 1.98. The number of hydrogen-bond acceptors (Lipinski definition) is 2. The molecule has 23 heavy (non-hydrogen) atoms. The molecule has 1 heterocycles.